The molecule has 1 N–H and O–H groups in total. The number of hydrogen-bond acceptors (Lipinski definition) is 3. The van der Waals surface area contributed by atoms with Gasteiger partial charge in [0.1, 0.15) is 4.93 Å². The van der Waals surface area contributed by atoms with E-state index in [0.717, 1.165) is 31.6 Å². The lowest BCUT2D eigenvalue weighted by Crippen LogP contribution is -2.49. The average Bonchev–Trinajstić information content (AvgIpc) is 2.55. The number of aliphatic hydroxyl groups is 1. The van der Waals surface area contributed by atoms with Crippen LogP contribution in [0.25, 0.3) is 0 Å². The summed E-state index contributed by atoms with van der Waals surface area (Å²) in [6, 6.07) is 0. The highest BCUT2D eigenvalue weighted by Gasteiger charge is 2.49. The van der Waals surface area contributed by atoms with E-state index < -0.39 is 5.60 Å². The molecule has 78 valence electrons. The Bertz CT molecular complexity index is 162. The maximum absolute atomic E-state index is 10.3. The highest BCUT2D eigenvalue weighted by Crippen LogP contribution is 2.46. The van der Waals surface area contributed by atoms with Crippen LogP contribution in [-0.4, -0.2) is 28.0 Å². The molecule has 0 saturated carbocycles. The summed E-state index contributed by atoms with van der Waals surface area (Å²) in [5.74, 6) is 1.01. The van der Waals surface area contributed by atoms with Crippen molar-refractivity contribution in [2.24, 2.45) is 0 Å². The first-order chi connectivity index (χ1) is 6.08. The van der Waals surface area contributed by atoms with Gasteiger partial charge in [-0.3, -0.25) is 0 Å². The Morgan fingerprint density at radius 1 is 1.54 bits per heavy atom. The first kappa shape index (κ1) is 11.3. The van der Waals surface area contributed by atoms with E-state index in [0.29, 0.717) is 0 Å². The number of rotatable bonds is 4. The molecule has 0 aromatic carbocycles. The fraction of sp³-hybridized carbons (Fsp3) is 1.00. The minimum Gasteiger partial charge on any atom is -0.386 e. The van der Waals surface area contributed by atoms with Crippen molar-refractivity contribution in [3.05, 3.63) is 0 Å². The van der Waals surface area contributed by atoms with E-state index >= 15 is 0 Å². The van der Waals surface area contributed by atoms with Crippen molar-refractivity contribution in [2.45, 2.75) is 50.6 Å². The Morgan fingerprint density at radius 2 is 2.23 bits per heavy atom. The van der Waals surface area contributed by atoms with Gasteiger partial charge in [0.15, 0.2) is 0 Å². The summed E-state index contributed by atoms with van der Waals surface area (Å²) in [4.78, 5) is -0.337. The van der Waals surface area contributed by atoms with Crippen LogP contribution in [0.1, 0.15) is 40.0 Å². The molecule has 2 nitrogen and oxygen atoms in total. The van der Waals surface area contributed by atoms with Crippen LogP contribution in [0.4, 0.5) is 0 Å². The molecule has 3 heteroatoms. The summed E-state index contributed by atoms with van der Waals surface area (Å²) in [7, 11) is 0. The van der Waals surface area contributed by atoms with Gasteiger partial charge < -0.3 is 9.84 Å². The number of ether oxygens (including phenoxy) is 1. The van der Waals surface area contributed by atoms with Gasteiger partial charge in [-0.25, -0.2) is 0 Å². The molecule has 1 fully saturated rings. The van der Waals surface area contributed by atoms with Gasteiger partial charge in [-0.2, -0.15) is 0 Å². The molecule has 0 aromatic heterocycles. The van der Waals surface area contributed by atoms with Crippen LogP contribution >= 0.6 is 11.8 Å². The van der Waals surface area contributed by atoms with E-state index in [1.54, 1.807) is 11.8 Å². The predicted octanol–water partition coefficient (Wildman–Crippen LogP) is 2.41. The largest absolute Gasteiger partial charge is 0.386 e. The van der Waals surface area contributed by atoms with Crippen molar-refractivity contribution in [1.82, 2.24) is 0 Å². The molecule has 0 amide bonds. The molecule has 1 heterocycles. The van der Waals surface area contributed by atoms with Gasteiger partial charge >= 0.3 is 0 Å². The molecular weight excluding hydrogens is 184 g/mol. The lowest BCUT2D eigenvalue weighted by molar-refractivity contribution is -0.115. The van der Waals surface area contributed by atoms with Gasteiger partial charge in [0, 0.05) is 5.75 Å². The number of thioether (sulfide) groups is 1. The molecule has 0 radical (unpaired) electrons. The van der Waals surface area contributed by atoms with E-state index in [9.17, 15) is 5.11 Å². The van der Waals surface area contributed by atoms with Crippen molar-refractivity contribution in [3.63, 3.8) is 0 Å². The third-order valence-corrected chi connectivity index (χ3v) is 4.44. The van der Waals surface area contributed by atoms with Gasteiger partial charge in [0.05, 0.1) is 12.2 Å². The Morgan fingerprint density at radius 3 is 2.62 bits per heavy atom. The van der Waals surface area contributed by atoms with Crippen molar-refractivity contribution in [2.75, 3.05) is 12.4 Å². The lowest BCUT2D eigenvalue weighted by Gasteiger charge is -2.40. The molecular formula is C10H20O2S. The third-order valence-electron chi connectivity index (χ3n) is 2.84. The minimum absolute atomic E-state index is 0.337. The third kappa shape index (κ3) is 2.03. The van der Waals surface area contributed by atoms with Crippen LogP contribution in [0.2, 0.25) is 0 Å². The molecule has 0 bridgehead atoms. The lowest BCUT2D eigenvalue weighted by atomic mass is 9.92. The molecule has 2 unspecified atom stereocenters. The van der Waals surface area contributed by atoms with Gasteiger partial charge in [0.25, 0.3) is 0 Å². The highest BCUT2D eigenvalue weighted by atomic mass is 32.2. The van der Waals surface area contributed by atoms with Gasteiger partial charge in [-0.05, 0) is 19.8 Å². The van der Waals surface area contributed by atoms with Crippen LogP contribution in [0.5, 0.6) is 0 Å². The second kappa shape index (κ2) is 4.20. The van der Waals surface area contributed by atoms with Crippen LogP contribution in [-0.2, 0) is 4.74 Å². The fourth-order valence-corrected chi connectivity index (χ4v) is 3.24. The SMILES string of the molecule is CCCC1(C(C)(O)CC)OCCS1. The summed E-state index contributed by atoms with van der Waals surface area (Å²) >= 11 is 1.77. The average molecular weight is 204 g/mol. The molecule has 1 rings (SSSR count). The van der Waals surface area contributed by atoms with E-state index in [1.165, 1.54) is 0 Å². The van der Waals surface area contributed by atoms with Gasteiger partial charge in [-0.1, -0.05) is 20.3 Å². The van der Waals surface area contributed by atoms with Crippen molar-refractivity contribution < 1.29 is 9.84 Å². The first-order valence-electron chi connectivity index (χ1n) is 5.08. The summed E-state index contributed by atoms with van der Waals surface area (Å²) in [6.45, 7) is 6.82. The molecule has 1 saturated heterocycles. The Hall–Kier alpha value is 0.270. The summed E-state index contributed by atoms with van der Waals surface area (Å²) in [6.07, 6.45) is 2.75. The quantitative estimate of drug-likeness (QED) is 0.762. The highest BCUT2D eigenvalue weighted by molar-refractivity contribution is 8.00. The van der Waals surface area contributed by atoms with E-state index in [1.807, 2.05) is 13.8 Å². The molecule has 0 aliphatic carbocycles. The zero-order valence-corrected chi connectivity index (χ0v) is 9.62. The fourth-order valence-electron chi connectivity index (χ4n) is 1.78. The molecule has 1 aliphatic heterocycles. The molecule has 0 spiro atoms. The smallest absolute Gasteiger partial charge is 0.142 e. The normalized spacial score (nSPS) is 33.2. The van der Waals surface area contributed by atoms with Crippen molar-refractivity contribution in [1.29, 1.82) is 0 Å². The van der Waals surface area contributed by atoms with E-state index in [2.05, 4.69) is 6.92 Å². The Balaban J connectivity index is 2.77. The summed E-state index contributed by atoms with van der Waals surface area (Å²) in [5, 5.41) is 10.3. The molecule has 2 atom stereocenters. The first-order valence-corrected chi connectivity index (χ1v) is 6.07. The number of hydrogen-bond donors (Lipinski definition) is 1. The van der Waals surface area contributed by atoms with Crippen molar-refractivity contribution in [3.8, 4) is 0 Å². The second-order valence-electron chi connectivity index (χ2n) is 3.83. The maximum atomic E-state index is 10.3. The van der Waals surface area contributed by atoms with Gasteiger partial charge in [-0.15, -0.1) is 11.8 Å². The Kier molecular flexibility index (Phi) is 3.66. The maximum Gasteiger partial charge on any atom is 0.142 e. The zero-order valence-electron chi connectivity index (χ0n) is 8.80. The van der Waals surface area contributed by atoms with Crippen LogP contribution < -0.4 is 0 Å². The summed E-state index contributed by atoms with van der Waals surface area (Å²) < 4.78 is 5.75. The molecule has 0 aromatic rings. The van der Waals surface area contributed by atoms with E-state index in [4.69, 9.17) is 4.74 Å². The predicted molar refractivity (Wildman–Crippen MR) is 57.0 cm³/mol. The minimum atomic E-state index is -0.690. The second-order valence-corrected chi connectivity index (χ2v) is 5.18. The molecule has 1 aliphatic rings. The zero-order chi connectivity index (χ0) is 9.95. The van der Waals surface area contributed by atoms with E-state index in [-0.39, 0.29) is 4.93 Å². The summed E-state index contributed by atoms with van der Waals surface area (Å²) in [5.41, 5.74) is -0.690. The Labute approximate surface area is 85.0 Å². The van der Waals surface area contributed by atoms with Crippen LogP contribution in [0, 0.1) is 0 Å². The monoisotopic (exact) mass is 204 g/mol. The topological polar surface area (TPSA) is 29.5 Å². The standard InChI is InChI=1S/C10H20O2S/c1-4-6-10(9(3,11)5-2)12-7-8-13-10/h11H,4-8H2,1-3H3. The van der Waals surface area contributed by atoms with Crippen LogP contribution in [0.15, 0.2) is 0 Å². The van der Waals surface area contributed by atoms with Gasteiger partial charge in [0.2, 0.25) is 0 Å². The molecule has 13 heavy (non-hydrogen) atoms. The van der Waals surface area contributed by atoms with Crippen LogP contribution in [0.3, 0.4) is 0 Å². The van der Waals surface area contributed by atoms with Crippen molar-refractivity contribution >= 4 is 11.8 Å².